The number of halogens is 1. The molecule has 154 valence electrons. The van der Waals surface area contributed by atoms with Gasteiger partial charge in [0.25, 0.3) is 0 Å². The van der Waals surface area contributed by atoms with Gasteiger partial charge in [-0.1, -0.05) is 23.7 Å². The lowest BCUT2D eigenvalue weighted by molar-refractivity contribution is -0.00202. The number of aliphatic hydroxyl groups excluding tert-OH is 1. The maximum Gasteiger partial charge on any atom is 0.339 e. The third kappa shape index (κ3) is 4.50. The molecule has 2 aromatic carbocycles. The van der Waals surface area contributed by atoms with Gasteiger partial charge in [-0.15, -0.1) is 0 Å². The van der Waals surface area contributed by atoms with Crippen molar-refractivity contribution in [1.29, 1.82) is 0 Å². The Morgan fingerprint density at radius 2 is 2.00 bits per heavy atom. The third-order valence-electron chi connectivity index (χ3n) is 5.65. The fraction of sp³-hybridized carbons (Fsp3) is 0.409. The van der Waals surface area contributed by atoms with Crippen LogP contribution in [0.2, 0.25) is 5.02 Å². The van der Waals surface area contributed by atoms with Crippen LogP contribution in [0.1, 0.15) is 28.8 Å². The normalized spacial score (nSPS) is 18.8. The Morgan fingerprint density at radius 3 is 2.76 bits per heavy atom. The summed E-state index contributed by atoms with van der Waals surface area (Å²) in [5, 5.41) is 20.3. The summed E-state index contributed by atoms with van der Waals surface area (Å²) in [7, 11) is 0. The fourth-order valence-corrected chi connectivity index (χ4v) is 4.32. The van der Waals surface area contributed by atoms with E-state index in [1.807, 2.05) is 18.2 Å². The summed E-state index contributed by atoms with van der Waals surface area (Å²) in [6.07, 6.45) is 1.93. The largest absolute Gasteiger partial charge is 0.490 e. The van der Waals surface area contributed by atoms with Crippen LogP contribution in [0, 0.1) is 0 Å². The van der Waals surface area contributed by atoms with E-state index < -0.39 is 12.1 Å². The Balaban J connectivity index is 1.27. The van der Waals surface area contributed by atoms with Crippen LogP contribution < -0.4 is 9.47 Å². The number of carboxylic acids is 1. The van der Waals surface area contributed by atoms with E-state index in [1.165, 1.54) is 6.07 Å². The maximum atomic E-state index is 11.2. The number of piperidine rings is 1. The molecule has 2 aliphatic heterocycles. The van der Waals surface area contributed by atoms with Gasteiger partial charge in [-0.05, 0) is 35.9 Å². The van der Waals surface area contributed by atoms with Gasteiger partial charge < -0.3 is 24.6 Å². The van der Waals surface area contributed by atoms with Crippen LogP contribution in [0.4, 0.5) is 0 Å². The first-order chi connectivity index (χ1) is 13.9. The molecule has 2 N–H and O–H groups in total. The number of hydrogen-bond acceptors (Lipinski definition) is 5. The number of benzene rings is 2. The van der Waals surface area contributed by atoms with Crippen molar-refractivity contribution in [3.63, 3.8) is 0 Å². The van der Waals surface area contributed by atoms with Gasteiger partial charge in [-0.3, -0.25) is 0 Å². The molecule has 1 saturated heterocycles. The lowest BCUT2D eigenvalue weighted by Gasteiger charge is -2.39. The van der Waals surface area contributed by atoms with Gasteiger partial charge in [0.15, 0.2) is 0 Å². The van der Waals surface area contributed by atoms with Crippen LogP contribution in [0.5, 0.6) is 11.5 Å². The average Bonchev–Trinajstić information content (AvgIpc) is 3.05. The zero-order valence-corrected chi connectivity index (χ0v) is 16.8. The predicted octanol–water partition coefficient (Wildman–Crippen LogP) is 3.25. The number of fused-ring (bicyclic) bond motifs is 1. The lowest BCUT2D eigenvalue weighted by Crippen LogP contribution is -2.49. The summed E-state index contributed by atoms with van der Waals surface area (Å²) in [6, 6.07) is 12.2. The van der Waals surface area contributed by atoms with Crippen molar-refractivity contribution in [2.45, 2.75) is 31.0 Å². The van der Waals surface area contributed by atoms with Gasteiger partial charge in [-0.25, -0.2) is 4.79 Å². The topological polar surface area (TPSA) is 79.2 Å². The first-order valence-electron chi connectivity index (χ1n) is 9.77. The van der Waals surface area contributed by atoms with E-state index in [-0.39, 0.29) is 23.5 Å². The van der Waals surface area contributed by atoms with E-state index in [9.17, 15) is 15.0 Å². The number of likely N-dealkylation sites (tertiary alicyclic amines) is 1. The molecule has 1 spiro atoms. The van der Waals surface area contributed by atoms with Gasteiger partial charge in [-0.2, -0.15) is 0 Å². The number of para-hydroxylation sites is 1. The molecule has 0 amide bonds. The van der Waals surface area contributed by atoms with Crippen molar-refractivity contribution in [2.24, 2.45) is 0 Å². The lowest BCUT2D eigenvalue weighted by atomic mass is 9.87. The minimum absolute atomic E-state index is 0.0480. The molecule has 0 aliphatic carbocycles. The minimum atomic E-state index is -1.05. The zero-order chi connectivity index (χ0) is 20.4. The number of carbonyl (C=O) groups is 1. The van der Waals surface area contributed by atoms with Crippen molar-refractivity contribution >= 4 is 17.6 Å². The van der Waals surface area contributed by atoms with Crippen molar-refractivity contribution in [3.05, 3.63) is 58.6 Å². The molecule has 0 aromatic heterocycles. The highest BCUT2D eigenvalue weighted by Gasteiger charge is 2.42. The molecule has 7 heteroatoms. The Labute approximate surface area is 174 Å². The highest BCUT2D eigenvalue weighted by atomic mass is 35.5. The number of rotatable bonds is 6. The number of aliphatic hydroxyl groups is 1. The summed E-state index contributed by atoms with van der Waals surface area (Å²) in [6.45, 7) is 2.17. The number of β-amino-alcohol motifs (C(OH)–C–C–N with tert-alkyl or cyclic N) is 1. The summed E-state index contributed by atoms with van der Waals surface area (Å²) < 4.78 is 11.8. The van der Waals surface area contributed by atoms with Gasteiger partial charge in [0, 0.05) is 43.9 Å². The van der Waals surface area contributed by atoms with Crippen LogP contribution in [-0.2, 0) is 6.42 Å². The summed E-state index contributed by atoms with van der Waals surface area (Å²) in [4.78, 5) is 13.4. The minimum Gasteiger partial charge on any atom is -0.490 e. The number of nitrogens with zero attached hydrogens (tertiary/aromatic N) is 1. The molecular formula is C22H24ClNO5. The maximum absolute atomic E-state index is 11.2. The second-order valence-electron chi connectivity index (χ2n) is 7.78. The van der Waals surface area contributed by atoms with E-state index in [0.29, 0.717) is 6.54 Å². The van der Waals surface area contributed by atoms with E-state index in [0.717, 1.165) is 48.7 Å². The highest BCUT2D eigenvalue weighted by Crippen LogP contribution is 2.41. The second-order valence-corrected chi connectivity index (χ2v) is 8.22. The molecular weight excluding hydrogens is 394 g/mol. The monoisotopic (exact) mass is 417 g/mol. The van der Waals surface area contributed by atoms with E-state index in [1.54, 1.807) is 18.2 Å². The molecule has 4 rings (SSSR count). The third-order valence-corrected chi connectivity index (χ3v) is 5.88. The average molecular weight is 418 g/mol. The Hall–Kier alpha value is -2.28. The summed E-state index contributed by atoms with van der Waals surface area (Å²) >= 11 is 6.10. The summed E-state index contributed by atoms with van der Waals surface area (Å²) in [5.41, 5.74) is 1.08. The first kappa shape index (κ1) is 20.0. The molecule has 1 fully saturated rings. The Morgan fingerprint density at radius 1 is 1.24 bits per heavy atom. The Bertz CT molecular complexity index is 895. The Kier molecular flexibility index (Phi) is 5.67. The van der Waals surface area contributed by atoms with Gasteiger partial charge >= 0.3 is 5.97 Å². The van der Waals surface area contributed by atoms with Crippen molar-refractivity contribution < 1.29 is 24.5 Å². The quantitative estimate of drug-likeness (QED) is 0.751. The zero-order valence-electron chi connectivity index (χ0n) is 16.0. The van der Waals surface area contributed by atoms with Crippen LogP contribution in [0.15, 0.2) is 42.5 Å². The van der Waals surface area contributed by atoms with Crippen molar-refractivity contribution in [2.75, 3.05) is 26.2 Å². The first-order valence-corrected chi connectivity index (χ1v) is 10.1. The predicted molar refractivity (Wildman–Crippen MR) is 109 cm³/mol. The van der Waals surface area contributed by atoms with Gasteiger partial charge in [0.1, 0.15) is 35.4 Å². The molecule has 0 saturated carbocycles. The van der Waals surface area contributed by atoms with Crippen LogP contribution in [-0.4, -0.2) is 59.0 Å². The molecule has 6 nitrogen and oxygen atoms in total. The van der Waals surface area contributed by atoms with E-state index >= 15 is 0 Å². The second kappa shape index (κ2) is 8.22. The summed E-state index contributed by atoms with van der Waals surface area (Å²) in [5.74, 6) is 0.149. The van der Waals surface area contributed by atoms with Crippen LogP contribution in [0.3, 0.4) is 0 Å². The molecule has 2 heterocycles. The smallest absolute Gasteiger partial charge is 0.339 e. The van der Waals surface area contributed by atoms with Crippen LogP contribution in [0.25, 0.3) is 0 Å². The van der Waals surface area contributed by atoms with Crippen molar-refractivity contribution in [3.8, 4) is 11.5 Å². The molecule has 29 heavy (non-hydrogen) atoms. The molecule has 2 aliphatic rings. The molecule has 0 unspecified atom stereocenters. The number of hydrogen-bond donors (Lipinski definition) is 2. The molecule has 0 radical (unpaired) electrons. The number of aromatic carboxylic acids is 1. The van der Waals surface area contributed by atoms with E-state index in [2.05, 4.69) is 4.90 Å². The standard InChI is InChI=1S/C22H24ClNO5/c23-16-5-6-19-15(11-16)12-22(29-19)7-9-24(10-8-22)13-17(25)14-28-20-4-2-1-3-18(20)21(26)27/h1-6,11,17,25H,7-10,12-14H2,(H,26,27)/t17-/m1/s1. The van der Waals surface area contributed by atoms with Gasteiger partial charge in [0.05, 0.1) is 0 Å². The number of carboxylic acid groups (broad SMARTS) is 1. The number of ether oxygens (including phenoxy) is 2. The molecule has 2 aromatic rings. The van der Waals surface area contributed by atoms with E-state index in [4.69, 9.17) is 21.1 Å². The fourth-order valence-electron chi connectivity index (χ4n) is 4.13. The van der Waals surface area contributed by atoms with Crippen LogP contribution >= 0.6 is 11.6 Å². The SMILES string of the molecule is O=C(O)c1ccccc1OC[C@H](O)CN1CCC2(CC1)Cc1cc(Cl)ccc1O2. The van der Waals surface area contributed by atoms with Gasteiger partial charge in [0.2, 0.25) is 0 Å². The highest BCUT2D eigenvalue weighted by molar-refractivity contribution is 6.30. The molecule has 1 atom stereocenters. The molecule has 0 bridgehead atoms. The van der Waals surface area contributed by atoms with Crippen molar-refractivity contribution in [1.82, 2.24) is 4.90 Å².